The number of hydrogen-bond acceptors (Lipinski definition) is 9. The van der Waals surface area contributed by atoms with Gasteiger partial charge >= 0.3 is 5.69 Å². The minimum atomic E-state index is -0.786. The maximum atomic E-state index is 12.7. The first-order valence-corrected chi connectivity index (χ1v) is 11.3. The normalized spacial score (nSPS) is 16.7. The third kappa shape index (κ3) is 5.30. The molecule has 2 aromatic carbocycles. The molecule has 2 aliphatic heterocycles. The zero-order valence-corrected chi connectivity index (χ0v) is 18.9. The Balaban J connectivity index is 1.51. The molecule has 4 rings (SSSR count). The largest absolute Gasteiger partial charge is 0.450 e. The third-order valence-electron chi connectivity index (χ3n) is 5.36. The molecule has 13 heteroatoms. The average Bonchev–Trinajstić information content (AvgIpc) is 3.44. The standard InChI is InChI=1S/C22H18N4O8S/c27-20(23-8-1-2-9-23)13-24-21(28)19(35-22(24)29)11-14-4-3-5-16(10-14)34-18-7-6-15(25(30)31)12-17(18)26(32)33/h3-7,10-12H,1-2,8-9,13H2/b19-11-. The predicted octanol–water partition coefficient (Wildman–Crippen LogP) is 3.95. The number of carbonyl (C=O) groups excluding carboxylic acids is 3. The van der Waals surface area contributed by atoms with E-state index in [1.807, 2.05) is 0 Å². The monoisotopic (exact) mass is 498 g/mol. The maximum absolute atomic E-state index is 12.7. The number of imide groups is 1. The van der Waals surface area contributed by atoms with Crippen molar-refractivity contribution < 1.29 is 29.0 Å². The molecule has 0 spiro atoms. The minimum Gasteiger partial charge on any atom is -0.450 e. The van der Waals surface area contributed by atoms with Crippen LogP contribution in [0.1, 0.15) is 18.4 Å². The van der Waals surface area contributed by atoms with Crippen LogP contribution in [0.3, 0.4) is 0 Å². The fourth-order valence-corrected chi connectivity index (χ4v) is 4.47. The minimum absolute atomic E-state index is 0.127. The van der Waals surface area contributed by atoms with Gasteiger partial charge in [0, 0.05) is 19.2 Å². The molecular formula is C22H18N4O8S. The first kappa shape index (κ1) is 23.9. The van der Waals surface area contributed by atoms with Gasteiger partial charge in [-0.3, -0.25) is 39.5 Å². The summed E-state index contributed by atoms with van der Waals surface area (Å²) < 4.78 is 5.58. The van der Waals surface area contributed by atoms with Gasteiger partial charge in [0.05, 0.1) is 20.8 Å². The van der Waals surface area contributed by atoms with Gasteiger partial charge in [-0.05, 0) is 54.4 Å². The molecule has 2 aromatic rings. The van der Waals surface area contributed by atoms with Gasteiger partial charge in [-0.2, -0.15) is 0 Å². The molecule has 3 amide bonds. The first-order chi connectivity index (χ1) is 16.7. The number of nitro benzene ring substituents is 2. The van der Waals surface area contributed by atoms with Crippen molar-refractivity contribution in [1.82, 2.24) is 9.80 Å². The van der Waals surface area contributed by atoms with E-state index in [9.17, 15) is 34.6 Å². The Morgan fingerprint density at radius 1 is 1.06 bits per heavy atom. The van der Waals surface area contributed by atoms with E-state index in [0.29, 0.717) is 30.4 Å². The van der Waals surface area contributed by atoms with Crippen LogP contribution < -0.4 is 4.74 Å². The average molecular weight is 498 g/mol. The molecule has 2 fully saturated rings. The lowest BCUT2D eigenvalue weighted by molar-refractivity contribution is -0.394. The van der Waals surface area contributed by atoms with E-state index >= 15 is 0 Å². The summed E-state index contributed by atoms with van der Waals surface area (Å²) in [5.74, 6) is -0.867. The summed E-state index contributed by atoms with van der Waals surface area (Å²) in [5, 5.41) is 21.7. The number of rotatable bonds is 7. The molecule has 180 valence electrons. The lowest BCUT2D eigenvalue weighted by atomic mass is 10.2. The van der Waals surface area contributed by atoms with Crippen molar-refractivity contribution in [3.05, 3.63) is 73.2 Å². The number of benzene rings is 2. The molecule has 2 aliphatic rings. The SMILES string of the molecule is O=C(CN1C(=O)S/C(=C\c2cccc(Oc3ccc([N+](=O)[O-])cc3[N+](=O)[O-])c2)C1=O)N1CCCC1. The smallest absolute Gasteiger partial charge is 0.318 e. The van der Waals surface area contributed by atoms with Gasteiger partial charge in [0.1, 0.15) is 12.3 Å². The number of non-ortho nitro benzene ring substituents is 1. The molecule has 0 radical (unpaired) electrons. The lowest BCUT2D eigenvalue weighted by Gasteiger charge is -2.18. The molecule has 0 atom stereocenters. The van der Waals surface area contributed by atoms with E-state index in [4.69, 9.17) is 4.74 Å². The van der Waals surface area contributed by atoms with Crippen LogP contribution in [0.5, 0.6) is 11.5 Å². The topological polar surface area (TPSA) is 153 Å². The Morgan fingerprint density at radius 2 is 1.80 bits per heavy atom. The Morgan fingerprint density at radius 3 is 2.49 bits per heavy atom. The van der Waals surface area contributed by atoms with Crippen LogP contribution in [0.2, 0.25) is 0 Å². The molecule has 2 saturated heterocycles. The van der Waals surface area contributed by atoms with Crippen LogP contribution >= 0.6 is 11.8 Å². The fourth-order valence-electron chi connectivity index (χ4n) is 3.63. The van der Waals surface area contributed by atoms with Gasteiger partial charge in [0.15, 0.2) is 0 Å². The van der Waals surface area contributed by atoms with E-state index in [2.05, 4.69) is 0 Å². The molecule has 35 heavy (non-hydrogen) atoms. The summed E-state index contributed by atoms with van der Waals surface area (Å²) in [6, 6.07) is 9.26. The maximum Gasteiger partial charge on any atom is 0.318 e. The summed E-state index contributed by atoms with van der Waals surface area (Å²) in [6.07, 6.45) is 3.26. The number of nitro groups is 2. The highest BCUT2D eigenvalue weighted by Crippen LogP contribution is 2.36. The molecule has 0 aliphatic carbocycles. The van der Waals surface area contributed by atoms with Gasteiger partial charge < -0.3 is 9.64 Å². The highest BCUT2D eigenvalue weighted by Gasteiger charge is 2.37. The van der Waals surface area contributed by atoms with E-state index < -0.39 is 32.4 Å². The van der Waals surface area contributed by atoms with Crippen molar-refractivity contribution in [2.24, 2.45) is 0 Å². The molecule has 0 saturated carbocycles. The molecule has 0 bridgehead atoms. The number of carbonyl (C=O) groups is 3. The molecule has 0 N–H and O–H groups in total. The van der Waals surface area contributed by atoms with Gasteiger partial charge in [-0.1, -0.05) is 12.1 Å². The van der Waals surface area contributed by atoms with E-state index in [0.717, 1.165) is 35.9 Å². The summed E-state index contributed by atoms with van der Waals surface area (Å²) in [6.45, 7) is 0.921. The third-order valence-corrected chi connectivity index (χ3v) is 6.27. The van der Waals surface area contributed by atoms with Crippen molar-refractivity contribution in [1.29, 1.82) is 0 Å². The van der Waals surface area contributed by atoms with Crippen molar-refractivity contribution in [2.45, 2.75) is 12.8 Å². The molecule has 0 aromatic heterocycles. The van der Waals surface area contributed by atoms with Crippen LogP contribution in [0, 0.1) is 20.2 Å². The fraction of sp³-hybridized carbons (Fsp3) is 0.227. The molecular weight excluding hydrogens is 480 g/mol. The Hall–Kier alpha value is -4.26. The Labute approximate surface area is 202 Å². The number of nitrogens with zero attached hydrogens (tertiary/aromatic N) is 4. The van der Waals surface area contributed by atoms with Crippen LogP contribution in [0.15, 0.2) is 47.4 Å². The second-order valence-electron chi connectivity index (χ2n) is 7.70. The molecule has 0 unspecified atom stereocenters. The number of thioether (sulfide) groups is 1. The van der Waals surface area contributed by atoms with Crippen LogP contribution in [-0.2, 0) is 9.59 Å². The zero-order chi connectivity index (χ0) is 25.1. The Bertz CT molecular complexity index is 1270. The van der Waals surface area contributed by atoms with Crippen LogP contribution in [0.25, 0.3) is 6.08 Å². The van der Waals surface area contributed by atoms with E-state index in [1.54, 1.807) is 17.0 Å². The second kappa shape index (κ2) is 9.93. The summed E-state index contributed by atoms with van der Waals surface area (Å²) >= 11 is 0.715. The number of likely N-dealkylation sites (tertiary alicyclic amines) is 1. The van der Waals surface area contributed by atoms with Crippen molar-refractivity contribution in [3.8, 4) is 11.5 Å². The highest BCUT2D eigenvalue weighted by atomic mass is 32.2. The van der Waals surface area contributed by atoms with Crippen molar-refractivity contribution in [3.63, 3.8) is 0 Å². The van der Waals surface area contributed by atoms with Gasteiger partial charge in [0.2, 0.25) is 11.7 Å². The predicted molar refractivity (Wildman–Crippen MR) is 125 cm³/mol. The van der Waals surface area contributed by atoms with Gasteiger partial charge in [-0.25, -0.2) is 0 Å². The number of amides is 3. The number of hydrogen-bond donors (Lipinski definition) is 0. The summed E-state index contributed by atoms with van der Waals surface area (Å²) in [7, 11) is 0. The van der Waals surface area contributed by atoms with Crippen LogP contribution in [0.4, 0.5) is 16.2 Å². The number of ether oxygens (including phenoxy) is 1. The van der Waals surface area contributed by atoms with Gasteiger partial charge in [-0.15, -0.1) is 0 Å². The molecule has 12 nitrogen and oxygen atoms in total. The first-order valence-electron chi connectivity index (χ1n) is 10.5. The molecule has 2 heterocycles. The zero-order valence-electron chi connectivity index (χ0n) is 18.1. The van der Waals surface area contributed by atoms with Crippen molar-refractivity contribution >= 4 is 46.3 Å². The van der Waals surface area contributed by atoms with Gasteiger partial charge in [0.25, 0.3) is 16.8 Å². The summed E-state index contributed by atoms with van der Waals surface area (Å²) in [4.78, 5) is 60.8. The van der Waals surface area contributed by atoms with Crippen LogP contribution in [-0.4, -0.2) is 56.3 Å². The summed E-state index contributed by atoms with van der Waals surface area (Å²) in [5.41, 5.74) is -0.548. The quantitative estimate of drug-likeness (QED) is 0.313. The second-order valence-corrected chi connectivity index (χ2v) is 8.69. The Kier molecular flexibility index (Phi) is 6.78. The van der Waals surface area contributed by atoms with E-state index in [-0.39, 0.29) is 28.9 Å². The van der Waals surface area contributed by atoms with E-state index in [1.165, 1.54) is 18.2 Å². The lowest BCUT2D eigenvalue weighted by Crippen LogP contribution is -2.40. The highest BCUT2D eigenvalue weighted by molar-refractivity contribution is 8.18. The van der Waals surface area contributed by atoms with Crippen molar-refractivity contribution in [2.75, 3.05) is 19.6 Å².